The van der Waals surface area contributed by atoms with Crippen molar-refractivity contribution in [1.29, 1.82) is 0 Å². The van der Waals surface area contributed by atoms with Crippen LogP contribution in [0.2, 0.25) is 0 Å². The monoisotopic (exact) mass is 271 g/mol. The molecule has 9 heteroatoms. The largest absolute Gasteiger partial charge is 0.308 e. The van der Waals surface area contributed by atoms with Crippen LogP contribution in [-0.2, 0) is 13.6 Å². The van der Waals surface area contributed by atoms with Gasteiger partial charge in [0.25, 0.3) is 6.43 Å². The number of hydrogen-bond donors (Lipinski definition) is 2. The van der Waals surface area contributed by atoms with Crippen LogP contribution in [0.25, 0.3) is 11.0 Å². The van der Waals surface area contributed by atoms with E-state index in [1.807, 2.05) is 0 Å². The van der Waals surface area contributed by atoms with Gasteiger partial charge in [0.05, 0.1) is 24.7 Å². The summed E-state index contributed by atoms with van der Waals surface area (Å²) >= 11 is 0. The van der Waals surface area contributed by atoms with Gasteiger partial charge in [-0.05, 0) is 7.05 Å². The Morgan fingerprint density at radius 2 is 2.21 bits per heavy atom. The third-order valence-corrected chi connectivity index (χ3v) is 2.64. The molecular formula is C10H15F2N7. The Morgan fingerprint density at radius 1 is 1.47 bits per heavy atom. The number of nitrogens with zero attached hydrogens (tertiary/aromatic N) is 5. The first-order valence-corrected chi connectivity index (χ1v) is 5.63. The third-order valence-electron chi connectivity index (χ3n) is 2.64. The predicted molar refractivity (Wildman–Crippen MR) is 66.5 cm³/mol. The van der Waals surface area contributed by atoms with E-state index in [9.17, 15) is 8.78 Å². The normalized spacial score (nSPS) is 11.7. The lowest BCUT2D eigenvalue weighted by atomic mass is 10.3. The molecule has 3 N–H and O–H groups in total. The highest BCUT2D eigenvalue weighted by atomic mass is 19.3. The van der Waals surface area contributed by atoms with E-state index in [1.165, 1.54) is 4.90 Å². The Kier molecular flexibility index (Phi) is 3.86. The molecule has 2 heterocycles. The molecule has 104 valence electrons. The highest BCUT2D eigenvalue weighted by Crippen LogP contribution is 2.18. The van der Waals surface area contributed by atoms with Crippen molar-refractivity contribution in [1.82, 2.24) is 24.6 Å². The number of rotatable bonds is 5. The number of hydrogen-bond acceptors (Lipinski definition) is 6. The quantitative estimate of drug-likeness (QED) is 0.603. The minimum absolute atomic E-state index is 0.208. The van der Waals surface area contributed by atoms with Gasteiger partial charge in [-0.2, -0.15) is 5.10 Å². The molecule has 2 aromatic rings. The fourth-order valence-electron chi connectivity index (χ4n) is 1.79. The molecule has 0 fully saturated rings. The maximum atomic E-state index is 12.3. The second-order valence-electron chi connectivity index (χ2n) is 4.23. The van der Waals surface area contributed by atoms with Crippen LogP contribution in [0, 0.1) is 0 Å². The standard InChI is InChI=1S/C10H15F2N7/c1-18(4-7(11)12)5-8-15-9(17-13)6-3-14-19(2)10(6)16-8/h3,7H,4-5,13H2,1-2H3,(H,15,16,17). The number of fused-ring (bicyclic) bond motifs is 1. The molecule has 0 amide bonds. The molecule has 0 unspecified atom stereocenters. The van der Waals surface area contributed by atoms with E-state index in [2.05, 4.69) is 20.5 Å². The number of aryl methyl sites for hydroxylation is 1. The van der Waals surface area contributed by atoms with E-state index in [0.29, 0.717) is 22.7 Å². The summed E-state index contributed by atoms with van der Waals surface area (Å²) in [6.45, 7) is -0.127. The Balaban J connectivity index is 2.30. The lowest BCUT2D eigenvalue weighted by Crippen LogP contribution is -2.25. The van der Waals surface area contributed by atoms with Gasteiger partial charge in [0.15, 0.2) is 11.5 Å². The van der Waals surface area contributed by atoms with Crippen molar-refractivity contribution < 1.29 is 8.78 Å². The summed E-state index contributed by atoms with van der Waals surface area (Å²) in [5.74, 6) is 6.23. The molecule has 19 heavy (non-hydrogen) atoms. The molecule has 0 aliphatic rings. The van der Waals surface area contributed by atoms with E-state index in [-0.39, 0.29) is 13.1 Å². The van der Waals surface area contributed by atoms with Crippen molar-refractivity contribution in [3.63, 3.8) is 0 Å². The number of hydrazine groups is 1. The lowest BCUT2D eigenvalue weighted by Gasteiger charge is -2.15. The molecule has 0 radical (unpaired) electrons. The first-order chi connectivity index (χ1) is 9.01. The second-order valence-corrected chi connectivity index (χ2v) is 4.23. The van der Waals surface area contributed by atoms with Crippen LogP contribution in [0.15, 0.2) is 6.20 Å². The topological polar surface area (TPSA) is 84.9 Å². The predicted octanol–water partition coefficient (Wildman–Crippen LogP) is 0.346. The van der Waals surface area contributed by atoms with Crippen molar-refractivity contribution >= 4 is 16.9 Å². The number of nitrogens with one attached hydrogen (secondary N) is 1. The molecular weight excluding hydrogens is 256 g/mol. The van der Waals surface area contributed by atoms with E-state index >= 15 is 0 Å². The molecule has 0 bridgehead atoms. The molecule has 2 rings (SSSR count). The van der Waals surface area contributed by atoms with Crippen molar-refractivity contribution in [3.05, 3.63) is 12.0 Å². The van der Waals surface area contributed by atoms with E-state index in [0.717, 1.165) is 0 Å². The average Bonchev–Trinajstić information content (AvgIpc) is 2.69. The van der Waals surface area contributed by atoms with E-state index < -0.39 is 6.43 Å². The lowest BCUT2D eigenvalue weighted by molar-refractivity contribution is 0.0965. The summed E-state index contributed by atoms with van der Waals surface area (Å²) < 4.78 is 26.1. The molecule has 0 spiro atoms. The fourth-order valence-corrected chi connectivity index (χ4v) is 1.79. The number of alkyl halides is 2. The Labute approximate surface area is 108 Å². The average molecular weight is 271 g/mol. The summed E-state index contributed by atoms with van der Waals surface area (Å²) in [6.07, 6.45) is -0.797. The van der Waals surface area contributed by atoms with Crippen LogP contribution in [0.5, 0.6) is 0 Å². The summed E-state index contributed by atoms with van der Waals surface area (Å²) in [7, 11) is 3.32. The Morgan fingerprint density at radius 3 is 2.84 bits per heavy atom. The maximum Gasteiger partial charge on any atom is 0.251 e. The minimum atomic E-state index is -2.39. The zero-order valence-corrected chi connectivity index (χ0v) is 10.6. The zero-order valence-electron chi connectivity index (χ0n) is 10.6. The van der Waals surface area contributed by atoms with Gasteiger partial charge in [-0.1, -0.05) is 0 Å². The van der Waals surface area contributed by atoms with E-state index in [4.69, 9.17) is 5.84 Å². The van der Waals surface area contributed by atoms with Crippen molar-refractivity contribution in [2.75, 3.05) is 19.0 Å². The zero-order chi connectivity index (χ0) is 14.0. The summed E-state index contributed by atoms with van der Waals surface area (Å²) in [6, 6.07) is 0. The summed E-state index contributed by atoms with van der Waals surface area (Å²) in [5, 5.41) is 4.74. The second kappa shape index (κ2) is 5.41. The highest BCUT2D eigenvalue weighted by molar-refractivity contribution is 5.86. The molecule has 0 aliphatic heterocycles. The molecule has 0 aromatic carbocycles. The summed E-state index contributed by atoms with van der Waals surface area (Å²) in [5.41, 5.74) is 3.07. The summed E-state index contributed by atoms with van der Waals surface area (Å²) in [4.78, 5) is 9.94. The number of aromatic nitrogens is 4. The van der Waals surface area contributed by atoms with Gasteiger partial charge >= 0.3 is 0 Å². The number of halogens is 2. The Bertz CT molecular complexity index is 568. The van der Waals surface area contributed by atoms with Crippen LogP contribution >= 0.6 is 0 Å². The maximum absolute atomic E-state index is 12.3. The van der Waals surface area contributed by atoms with Gasteiger partial charge in [0.2, 0.25) is 0 Å². The minimum Gasteiger partial charge on any atom is -0.308 e. The Hall–Kier alpha value is -1.87. The van der Waals surface area contributed by atoms with Gasteiger partial charge in [-0.25, -0.2) is 24.6 Å². The number of nitrogens with two attached hydrogens (primary N) is 1. The molecule has 0 saturated carbocycles. The van der Waals surface area contributed by atoms with Crippen molar-refractivity contribution in [3.8, 4) is 0 Å². The van der Waals surface area contributed by atoms with Crippen molar-refractivity contribution in [2.24, 2.45) is 12.9 Å². The van der Waals surface area contributed by atoms with Gasteiger partial charge in [-0.3, -0.25) is 9.58 Å². The molecule has 2 aromatic heterocycles. The van der Waals surface area contributed by atoms with Crippen LogP contribution in [0.3, 0.4) is 0 Å². The highest BCUT2D eigenvalue weighted by Gasteiger charge is 2.14. The van der Waals surface area contributed by atoms with Gasteiger partial charge in [0, 0.05) is 7.05 Å². The smallest absolute Gasteiger partial charge is 0.251 e. The first kappa shape index (κ1) is 13.6. The molecule has 0 aliphatic carbocycles. The molecule has 0 saturated heterocycles. The SMILES string of the molecule is CN(Cc1nc(NN)c2cnn(C)c2n1)CC(F)F. The van der Waals surface area contributed by atoms with E-state index in [1.54, 1.807) is 25.0 Å². The molecule has 0 atom stereocenters. The van der Waals surface area contributed by atoms with Gasteiger partial charge in [0.1, 0.15) is 5.82 Å². The first-order valence-electron chi connectivity index (χ1n) is 5.63. The van der Waals surface area contributed by atoms with Gasteiger partial charge in [-0.15, -0.1) is 0 Å². The van der Waals surface area contributed by atoms with Crippen molar-refractivity contribution in [2.45, 2.75) is 13.0 Å². The molecule has 7 nitrogen and oxygen atoms in total. The number of anilines is 1. The van der Waals surface area contributed by atoms with Crippen LogP contribution in [0.4, 0.5) is 14.6 Å². The third kappa shape index (κ3) is 2.93. The van der Waals surface area contributed by atoms with Gasteiger partial charge < -0.3 is 5.43 Å². The fraction of sp³-hybridized carbons (Fsp3) is 0.500. The van der Waals surface area contributed by atoms with Crippen LogP contribution in [-0.4, -0.2) is 44.7 Å². The number of nitrogen functional groups attached to an aromatic ring is 1. The van der Waals surface area contributed by atoms with Crippen LogP contribution < -0.4 is 11.3 Å². The van der Waals surface area contributed by atoms with Crippen LogP contribution in [0.1, 0.15) is 5.82 Å².